The fourth-order valence-corrected chi connectivity index (χ4v) is 5.32. The summed E-state index contributed by atoms with van der Waals surface area (Å²) in [7, 11) is 0. The summed E-state index contributed by atoms with van der Waals surface area (Å²) in [5.41, 5.74) is 2.81. The van der Waals surface area contributed by atoms with Crippen molar-refractivity contribution in [2.24, 2.45) is 22.7 Å². The zero-order valence-electron chi connectivity index (χ0n) is 14.5. The van der Waals surface area contributed by atoms with Gasteiger partial charge in [-0.25, -0.2) is 0 Å². The summed E-state index contributed by atoms with van der Waals surface area (Å²) in [4.78, 5) is 11.1. The van der Waals surface area contributed by atoms with Gasteiger partial charge in [0.05, 0.1) is 0 Å². The van der Waals surface area contributed by atoms with Crippen LogP contribution in [0.1, 0.15) is 65.7 Å². The van der Waals surface area contributed by atoms with Gasteiger partial charge >= 0.3 is 0 Å². The van der Waals surface area contributed by atoms with Crippen LogP contribution < -0.4 is 0 Å². The number of aldehydes is 1. The molecule has 1 N–H and O–H groups in total. The predicted octanol–water partition coefficient (Wildman–Crippen LogP) is 4.68. The Morgan fingerprint density at radius 1 is 1.36 bits per heavy atom. The van der Waals surface area contributed by atoms with Gasteiger partial charge < -0.3 is 5.11 Å². The first-order chi connectivity index (χ1) is 10.3. The van der Waals surface area contributed by atoms with Crippen molar-refractivity contribution in [3.8, 4) is 0 Å². The standard InChI is InChI=1S/C20H32O2/c1-15-6-9-18-19(2,3)11-5-12-20(18,4)17(15)8-7-16(14-22)10-13-21/h7,14,17-18,21H,1,5-6,8-13H2,2-4H3/b16-7+/t17-,18?,20+/m0/s1. The van der Waals surface area contributed by atoms with E-state index < -0.39 is 0 Å². The van der Waals surface area contributed by atoms with Gasteiger partial charge in [0.25, 0.3) is 0 Å². The van der Waals surface area contributed by atoms with Crippen LogP contribution in [0.15, 0.2) is 23.8 Å². The number of aliphatic hydroxyl groups is 1. The van der Waals surface area contributed by atoms with Crippen LogP contribution in [-0.2, 0) is 4.79 Å². The molecule has 2 nitrogen and oxygen atoms in total. The van der Waals surface area contributed by atoms with E-state index in [1.54, 1.807) is 0 Å². The van der Waals surface area contributed by atoms with Gasteiger partial charge in [-0.15, -0.1) is 0 Å². The molecule has 0 aliphatic heterocycles. The molecule has 2 fully saturated rings. The first-order valence-electron chi connectivity index (χ1n) is 8.78. The summed E-state index contributed by atoms with van der Waals surface area (Å²) in [5.74, 6) is 1.22. The number of rotatable bonds is 5. The van der Waals surface area contributed by atoms with Crippen LogP contribution in [0.5, 0.6) is 0 Å². The molecule has 0 saturated heterocycles. The van der Waals surface area contributed by atoms with Crippen molar-refractivity contribution in [1.29, 1.82) is 0 Å². The monoisotopic (exact) mass is 304 g/mol. The Morgan fingerprint density at radius 3 is 2.73 bits per heavy atom. The van der Waals surface area contributed by atoms with Crippen LogP contribution in [-0.4, -0.2) is 18.0 Å². The van der Waals surface area contributed by atoms with E-state index in [4.69, 9.17) is 5.11 Å². The lowest BCUT2D eigenvalue weighted by molar-refractivity contribution is -0.105. The van der Waals surface area contributed by atoms with Crippen LogP contribution in [0, 0.1) is 22.7 Å². The van der Waals surface area contributed by atoms with E-state index >= 15 is 0 Å². The molecule has 2 rings (SSSR count). The first-order valence-corrected chi connectivity index (χ1v) is 8.78. The molecule has 22 heavy (non-hydrogen) atoms. The fraction of sp³-hybridized carbons (Fsp3) is 0.750. The van der Waals surface area contributed by atoms with Crippen molar-refractivity contribution in [2.45, 2.75) is 65.7 Å². The molecule has 0 aromatic rings. The minimum atomic E-state index is 0.0448. The second kappa shape index (κ2) is 6.70. The first kappa shape index (κ1) is 17.5. The van der Waals surface area contributed by atoms with E-state index in [0.717, 1.165) is 30.6 Å². The Labute approximate surface area is 135 Å². The Morgan fingerprint density at radius 2 is 2.09 bits per heavy atom. The SMILES string of the molecule is C=C1CCC2C(C)(C)CCC[C@]2(C)[C@H]1C/C=C(/C=O)CCO. The number of carbonyl (C=O) groups excluding carboxylic acids is 1. The second-order valence-electron chi connectivity index (χ2n) is 8.26. The second-order valence-corrected chi connectivity index (χ2v) is 8.26. The number of hydrogen-bond acceptors (Lipinski definition) is 2. The number of carbonyl (C=O) groups is 1. The molecule has 0 aromatic heterocycles. The van der Waals surface area contributed by atoms with Crippen molar-refractivity contribution in [3.63, 3.8) is 0 Å². The molecular formula is C20H32O2. The molecular weight excluding hydrogens is 272 g/mol. The van der Waals surface area contributed by atoms with Crippen molar-refractivity contribution < 1.29 is 9.90 Å². The lowest BCUT2D eigenvalue weighted by Crippen LogP contribution is -2.49. The smallest absolute Gasteiger partial charge is 0.145 e. The number of hydrogen-bond donors (Lipinski definition) is 1. The molecule has 0 bridgehead atoms. The predicted molar refractivity (Wildman–Crippen MR) is 91.6 cm³/mol. The minimum Gasteiger partial charge on any atom is -0.396 e. The highest BCUT2D eigenvalue weighted by molar-refractivity contribution is 5.73. The zero-order valence-corrected chi connectivity index (χ0v) is 14.5. The van der Waals surface area contributed by atoms with E-state index in [-0.39, 0.29) is 6.61 Å². The van der Waals surface area contributed by atoms with E-state index in [9.17, 15) is 4.79 Å². The van der Waals surface area contributed by atoms with Crippen LogP contribution in [0.3, 0.4) is 0 Å². The van der Waals surface area contributed by atoms with Crippen LogP contribution in [0.25, 0.3) is 0 Å². The molecule has 0 aromatic carbocycles. The summed E-state index contributed by atoms with van der Waals surface area (Å²) < 4.78 is 0. The third kappa shape index (κ3) is 3.22. The largest absolute Gasteiger partial charge is 0.396 e. The van der Waals surface area contributed by atoms with Gasteiger partial charge in [-0.2, -0.15) is 0 Å². The fourth-order valence-electron chi connectivity index (χ4n) is 5.32. The number of aliphatic hydroxyl groups excluding tert-OH is 1. The number of fused-ring (bicyclic) bond motifs is 1. The molecule has 124 valence electrons. The molecule has 0 heterocycles. The summed E-state index contributed by atoms with van der Waals surface area (Å²) >= 11 is 0. The number of allylic oxidation sites excluding steroid dienone is 2. The molecule has 0 spiro atoms. The van der Waals surface area contributed by atoms with Gasteiger partial charge in [0, 0.05) is 6.61 Å². The Balaban J connectivity index is 2.24. The Hall–Kier alpha value is -0.890. The van der Waals surface area contributed by atoms with Gasteiger partial charge in [-0.1, -0.05) is 45.4 Å². The normalized spacial score (nSPS) is 35.1. The molecule has 2 heteroatoms. The highest BCUT2D eigenvalue weighted by Gasteiger charge is 2.52. The minimum absolute atomic E-state index is 0.0448. The van der Waals surface area contributed by atoms with Crippen LogP contribution in [0.2, 0.25) is 0 Å². The molecule has 2 aliphatic rings. The summed E-state index contributed by atoms with van der Waals surface area (Å²) in [5, 5.41) is 9.05. The van der Waals surface area contributed by atoms with Gasteiger partial charge in [0.15, 0.2) is 0 Å². The molecule has 3 atom stereocenters. The Bertz CT molecular complexity index is 460. The zero-order chi connectivity index (χ0) is 16.4. The lowest BCUT2D eigenvalue weighted by atomic mass is 9.47. The maximum absolute atomic E-state index is 11.1. The summed E-state index contributed by atoms with van der Waals surface area (Å²) in [6.07, 6.45) is 10.6. The topological polar surface area (TPSA) is 37.3 Å². The van der Waals surface area contributed by atoms with Crippen molar-refractivity contribution >= 4 is 6.29 Å². The van der Waals surface area contributed by atoms with E-state index in [2.05, 4.69) is 27.4 Å². The molecule has 2 aliphatic carbocycles. The van der Waals surface area contributed by atoms with Gasteiger partial charge in [0.1, 0.15) is 6.29 Å². The molecule has 0 radical (unpaired) electrons. The highest BCUT2D eigenvalue weighted by Crippen LogP contribution is 2.61. The van der Waals surface area contributed by atoms with Crippen molar-refractivity contribution in [3.05, 3.63) is 23.8 Å². The van der Waals surface area contributed by atoms with Gasteiger partial charge in [0.2, 0.25) is 0 Å². The van der Waals surface area contributed by atoms with Crippen molar-refractivity contribution in [1.82, 2.24) is 0 Å². The third-order valence-electron chi connectivity index (χ3n) is 6.49. The highest BCUT2D eigenvalue weighted by atomic mass is 16.3. The average molecular weight is 304 g/mol. The van der Waals surface area contributed by atoms with Crippen molar-refractivity contribution in [2.75, 3.05) is 6.61 Å². The van der Waals surface area contributed by atoms with Crippen LogP contribution in [0.4, 0.5) is 0 Å². The maximum atomic E-state index is 11.1. The Kier molecular flexibility index (Phi) is 5.32. The lowest BCUT2D eigenvalue weighted by Gasteiger charge is -2.58. The summed E-state index contributed by atoms with van der Waals surface area (Å²) in [6.45, 7) is 11.7. The van der Waals surface area contributed by atoms with Crippen LogP contribution >= 0.6 is 0 Å². The summed E-state index contributed by atoms with van der Waals surface area (Å²) in [6, 6.07) is 0. The molecule has 2 saturated carbocycles. The average Bonchev–Trinajstić information content (AvgIpc) is 2.44. The molecule has 0 amide bonds. The van der Waals surface area contributed by atoms with E-state index in [0.29, 0.717) is 23.2 Å². The maximum Gasteiger partial charge on any atom is 0.145 e. The van der Waals surface area contributed by atoms with E-state index in [1.165, 1.54) is 31.3 Å². The van der Waals surface area contributed by atoms with E-state index in [1.807, 2.05) is 6.08 Å². The third-order valence-corrected chi connectivity index (χ3v) is 6.49. The quantitative estimate of drug-likeness (QED) is 0.455. The van der Waals surface area contributed by atoms with Gasteiger partial charge in [-0.05, 0) is 66.8 Å². The van der Waals surface area contributed by atoms with Gasteiger partial charge in [-0.3, -0.25) is 4.79 Å². The molecule has 1 unspecified atom stereocenters.